The Kier molecular flexibility index (Phi) is 6.85. The van der Waals surface area contributed by atoms with Crippen LogP contribution in [0.2, 0.25) is 0 Å². The molecule has 180 valence electrons. The molecule has 0 spiro atoms. The molecule has 2 aromatic heterocycles. The van der Waals surface area contributed by atoms with Crippen LogP contribution in [-0.2, 0) is 17.8 Å². The number of pyridine rings is 1. The van der Waals surface area contributed by atoms with E-state index in [1.165, 1.54) is 5.56 Å². The third-order valence-corrected chi connectivity index (χ3v) is 6.13. The lowest BCUT2D eigenvalue weighted by molar-refractivity contribution is 0.0342. The second-order valence-electron chi connectivity index (χ2n) is 9.19. The Morgan fingerprint density at radius 2 is 1.83 bits per heavy atom. The molecule has 0 aliphatic carbocycles. The van der Waals surface area contributed by atoms with E-state index < -0.39 is 0 Å². The average molecular weight is 471 g/mol. The molecular formula is C27H30N6O2. The fourth-order valence-corrected chi connectivity index (χ4v) is 4.36. The first-order valence-electron chi connectivity index (χ1n) is 11.8. The van der Waals surface area contributed by atoms with Crippen molar-refractivity contribution < 1.29 is 9.53 Å². The zero-order valence-electron chi connectivity index (χ0n) is 20.1. The first-order chi connectivity index (χ1) is 17.0. The van der Waals surface area contributed by atoms with Crippen LogP contribution in [0.1, 0.15) is 21.6 Å². The number of morpholine rings is 1. The van der Waals surface area contributed by atoms with E-state index in [-0.39, 0.29) is 5.91 Å². The number of anilines is 1. The second-order valence-corrected chi connectivity index (χ2v) is 9.19. The highest BCUT2D eigenvalue weighted by Crippen LogP contribution is 2.26. The van der Waals surface area contributed by atoms with Gasteiger partial charge in [-0.15, -0.1) is 0 Å². The standard InChI is InChI=1S/C27H30N6O2/c1-32(2)17-20-13-22(16-28-15-20)21-5-8-25-24(14-21)26(31-30-25)27(34)29-23-6-3-19(4-7-23)18-33-9-11-35-12-10-33/h3-8,13-16H,9-12,17-18H2,1-2H3,(H,29,34)(H,30,31). The molecule has 8 heteroatoms. The van der Waals surface area contributed by atoms with Gasteiger partial charge in [0.2, 0.25) is 0 Å². The van der Waals surface area contributed by atoms with Gasteiger partial charge in [0.05, 0.1) is 18.7 Å². The number of hydrogen-bond acceptors (Lipinski definition) is 6. The normalized spacial score (nSPS) is 14.5. The maximum absolute atomic E-state index is 13.1. The molecule has 0 saturated carbocycles. The molecule has 2 aromatic carbocycles. The highest BCUT2D eigenvalue weighted by molar-refractivity contribution is 6.11. The summed E-state index contributed by atoms with van der Waals surface area (Å²) in [6.45, 7) is 5.16. The van der Waals surface area contributed by atoms with Gasteiger partial charge < -0.3 is 15.0 Å². The minimum atomic E-state index is -0.242. The molecule has 3 heterocycles. The van der Waals surface area contributed by atoms with Gasteiger partial charge in [-0.2, -0.15) is 5.10 Å². The van der Waals surface area contributed by atoms with Crippen LogP contribution in [-0.4, -0.2) is 71.3 Å². The number of ether oxygens (including phenoxy) is 1. The van der Waals surface area contributed by atoms with E-state index in [1.807, 2.05) is 56.8 Å². The van der Waals surface area contributed by atoms with Crippen LogP contribution in [0.25, 0.3) is 22.0 Å². The van der Waals surface area contributed by atoms with Crippen molar-refractivity contribution in [2.75, 3.05) is 45.7 Å². The number of nitrogens with one attached hydrogen (secondary N) is 2. The highest BCUT2D eigenvalue weighted by Gasteiger charge is 2.16. The van der Waals surface area contributed by atoms with Crippen molar-refractivity contribution in [1.29, 1.82) is 0 Å². The average Bonchev–Trinajstić information content (AvgIpc) is 3.29. The van der Waals surface area contributed by atoms with Crippen molar-refractivity contribution in [1.82, 2.24) is 25.0 Å². The Hall–Kier alpha value is -3.59. The van der Waals surface area contributed by atoms with Crippen LogP contribution in [0.15, 0.2) is 60.9 Å². The first-order valence-corrected chi connectivity index (χ1v) is 11.8. The number of carbonyl (C=O) groups is 1. The number of amides is 1. The van der Waals surface area contributed by atoms with E-state index in [1.54, 1.807) is 0 Å². The van der Waals surface area contributed by atoms with Crippen LogP contribution in [0.3, 0.4) is 0 Å². The monoisotopic (exact) mass is 470 g/mol. The Balaban J connectivity index is 1.32. The number of H-pyrrole nitrogens is 1. The summed E-state index contributed by atoms with van der Waals surface area (Å²) in [7, 11) is 4.07. The van der Waals surface area contributed by atoms with Crippen molar-refractivity contribution in [3.05, 3.63) is 77.7 Å². The summed E-state index contributed by atoms with van der Waals surface area (Å²) in [5.74, 6) is -0.242. The molecule has 1 fully saturated rings. The van der Waals surface area contributed by atoms with Crippen molar-refractivity contribution >= 4 is 22.5 Å². The summed E-state index contributed by atoms with van der Waals surface area (Å²) in [6, 6.07) is 16.1. The summed E-state index contributed by atoms with van der Waals surface area (Å²) in [5.41, 5.74) is 6.28. The van der Waals surface area contributed by atoms with Gasteiger partial charge >= 0.3 is 0 Å². The Morgan fingerprint density at radius 3 is 2.60 bits per heavy atom. The van der Waals surface area contributed by atoms with E-state index in [2.05, 4.69) is 48.5 Å². The molecule has 1 saturated heterocycles. The minimum absolute atomic E-state index is 0.242. The van der Waals surface area contributed by atoms with Gasteiger partial charge in [-0.1, -0.05) is 18.2 Å². The first kappa shape index (κ1) is 23.2. The summed E-state index contributed by atoms with van der Waals surface area (Å²) in [4.78, 5) is 22.0. The predicted molar refractivity (Wildman–Crippen MR) is 137 cm³/mol. The topological polar surface area (TPSA) is 86.4 Å². The molecule has 1 aliphatic rings. The maximum Gasteiger partial charge on any atom is 0.276 e. The molecule has 35 heavy (non-hydrogen) atoms. The maximum atomic E-state index is 13.1. The number of hydrogen-bond donors (Lipinski definition) is 2. The zero-order valence-corrected chi connectivity index (χ0v) is 20.1. The summed E-state index contributed by atoms with van der Waals surface area (Å²) >= 11 is 0. The molecular weight excluding hydrogens is 440 g/mol. The van der Waals surface area contributed by atoms with Crippen molar-refractivity contribution in [2.45, 2.75) is 13.1 Å². The van der Waals surface area contributed by atoms with Crippen LogP contribution < -0.4 is 5.32 Å². The number of nitrogens with zero attached hydrogens (tertiary/aromatic N) is 4. The number of fused-ring (bicyclic) bond motifs is 1. The molecule has 0 radical (unpaired) electrons. The van der Waals surface area contributed by atoms with E-state index >= 15 is 0 Å². The molecule has 1 aliphatic heterocycles. The molecule has 8 nitrogen and oxygen atoms in total. The fourth-order valence-electron chi connectivity index (χ4n) is 4.36. The summed E-state index contributed by atoms with van der Waals surface area (Å²) < 4.78 is 5.42. The Bertz CT molecular complexity index is 1310. The van der Waals surface area contributed by atoms with E-state index in [0.717, 1.165) is 72.7 Å². The lowest BCUT2D eigenvalue weighted by Crippen LogP contribution is -2.35. The molecule has 0 bridgehead atoms. The lowest BCUT2D eigenvalue weighted by Gasteiger charge is -2.26. The Morgan fingerprint density at radius 1 is 1.03 bits per heavy atom. The van der Waals surface area contributed by atoms with Gasteiger partial charge in [0.25, 0.3) is 5.91 Å². The number of aromatic amines is 1. The zero-order chi connectivity index (χ0) is 24.2. The molecule has 2 N–H and O–H groups in total. The van der Waals surface area contributed by atoms with Gasteiger partial charge in [0, 0.05) is 55.2 Å². The summed E-state index contributed by atoms with van der Waals surface area (Å²) in [5, 5.41) is 11.0. The number of carbonyl (C=O) groups excluding carboxylic acids is 1. The smallest absolute Gasteiger partial charge is 0.276 e. The summed E-state index contributed by atoms with van der Waals surface area (Å²) in [6.07, 6.45) is 3.73. The van der Waals surface area contributed by atoms with Gasteiger partial charge in [0.1, 0.15) is 0 Å². The van der Waals surface area contributed by atoms with Crippen LogP contribution in [0, 0.1) is 0 Å². The highest BCUT2D eigenvalue weighted by atomic mass is 16.5. The third-order valence-electron chi connectivity index (χ3n) is 6.13. The van der Waals surface area contributed by atoms with Gasteiger partial charge in [0.15, 0.2) is 5.69 Å². The molecule has 1 amide bonds. The van der Waals surface area contributed by atoms with Crippen molar-refractivity contribution in [3.63, 3.8) is 0 Å². The van der Waals surface area contributed by atoms with E-state index in [9.17, 15) is 4.79 Å². The largest absolute Gasteiger partial charge is 0.379 e. The fraction of sp³-hybridized carbons (Fsp3) is 0.296. The molecule has 0 unspecified atom stereocenters. The number of aromatic nitrogens is 3. The number of rotatable bonds is 7. The van der Waals surface area contributed by atoms with Crippen LogP contribution in [0.5, 0.6) is 0 Å². The van der Waals surface area contributed by atoms with Crippen LogP contribution in [0.4, 0.5) is 5.69 Å². The van der Waals surface area contributed by atoms with Crippen molar-refractivity contribution in [2.24, 2.45) is 0 Å². The molecule has 5 rings (SSSR count). The second kappa shape index (κ2) is 10.4. The van der Waals surface area contributed by atoms with Gasteiger partial charge in [-0.05, 0) is 61.1 Å². The Labute approximate surface area is 204 Å². The van der Waals surface area contributed by atoms with Crippen molar-refractivity contribution in [3.8, 4) is 11.1 Å². The van der Waals surface area contributed by atoms with E-state index in [4.69, 9.17) is 4.74 Å². The van der Waals surface area contributed by atoms with E-state index in [0.29, 0.717) is 5.69 Å². The van der Waals surface area contributed by atoms with Gasteiger partial charge in [-0.3, -0.25) is 19.8 Å². The predicted octanol–water partition coefficient (Wildman–Crippen LogP) is 3.77. The quantitative estimate of drug-likeness (QED) is 0.428. The van der Waals surface area contributed by atoms with Crippen LogP contribution >= 0.6 is 0 Å². The number of benzene rings is 2. The minimum Gasteiger partial charge on any atom is -0.379 e. The lowest BCUT2D eigenvalue weighted by atomic mass is 10.0. The molecule has 4 aromatic rings. The van der Waals surface area contributed by atoms with Gasteiger partial charge in [-0.25, -0.2) is 0 Å². The third kappa shape index (κ3) is 5.57. The molecule has 0 atom stereocenters. The SMILES string of the molecule is CN(C)Cc1cncc(-c2ccc3[nH]nc(C(=O)Nc4ccc(CN5CCOCC5)cc4)c3c2)c1.